The molecule has 1 aromatic carbocycles. The van der Waals surface area contributed by atoms with Crippen LogP contribution < -0.4 is 10.1 Å². The third kappa shape index (κ3) is 4.81. The number of thiol groups is 1. The highest BCUT2D eigenvalue weighted by Gasteiger charge is 2.43. The molecular formula is C13H13BrF3NO2S. The van der Waals surface area contributed by atoms with Crippen LogP contribution in [0.2, 0.25) is 0 Å². The van der Waals surface area contributed by atoms with Gasteiger partial charge in [0.25, 0.3) is 0 Å². The maximum Gasteiger partial charge on any atom is 0.573 e. The number of alkyl halides is 3. The van der Waals surface area contributed by atoms with Gasteiger partial charge < -0.3 is 10.1 Å². The molecule has 1 amide bonds. The molecule has 0 bridgehead atoms. The highest BCUT2D eigenvalue weighted by molar-refractivity contribution is 9.10. The number of carbonyl (C=O) groups excluding carboxylic acids is 1. The smallest absolute Gasteiger partial charge is 0.404 e. The Balaban J connectivity index is 2.10. The molecule has 0 radical (unpaired) electrons. The molecule has 21 heavy (non-hydrogen) atoms. The van der Waals surface area contributed by atoms with Crippen LogP contribution in [0, 0.1) is 5.41 Å². The lowest BCUT2D eigenvalue weighted by molar-refractivity contribution is -0.274. The largest absolute Gasteiger partial charge is 0.573 e. The minimum Gasteiger partial charge on any atom is -0.404 e. The summed E-state index contributed by atoms with van der Waals surface area (Å²) in [6, 6.07) is 4.06. The third-order valence-electron chi connectivity index (χ3n) is 3.27. The summed E-state index contributed by atoms with van der Waals surface area (Å²) in [4.78, 5) is 11.9. The Morgan fingerprint density at radius 3 is 2.62 bits per heavy atom. The number of anilines is 1. The first kappa shape index (κ1) is 16.5. The van der Waals surface area contributed by atoms with Crippen molar-refractivity contribution < 1.29 is 22.7 Å². The van der Waals surface area contributed by atoms with Gasteiger partial charge >= 0.3 is 6.36 Å². The van der Waals surface area contributed by atoms with E-state index in [1.165, 1.54) is 12.1 Å². The summed E-state index contributed by atoms with van der Waals surface area (Å²) in [7, 11) is 0. The summed E-state index contributed by atoms with van der Waals surface area (Å²) in [5, 5.41) is 2.47. The molecule has 1 aromatic rings. The molecule has 1 N–H and O–H groups in total. The lowest BCUT2D eigenvalue weighted by Crippen LogP contribution is -2.21. The van der Waals surface area contributed by atoms with Gasteiger partial charge in [-0.3, -0.25) is 4.79 Å². The van der Waals surface area contributed by atoms with Gasteiger partial charge in [-0.1, -0.05) is 15.9 Å². The first-order valence-corrected chi connectivity index (χ1v) is 7.62. The van der Waals surface area contributed by atoms with Crippen molar-refractivity contribution in [2.45, 2.75) is 25.6 Å². The van der Waals surface area contributed by atoms with Crippen molar-refractivity contribution in [1.82, 2.24) is 0 Å². The number of hydrogen-bond acceptors (Lipinski definition) is 3. The van der Waals surface area contributed by atoms with Crippen LogP contribution in [0.3, 0.4) is 0 Å². The van der Waals surface area contributed by atoms with Crippen LogP contribution in [0.5, 0.6) is 5.75 Å². The first-order chi connectivity index (χ1) is 9.73. The number of ether oxygens (including phenoxy) is 1. The van der Waals surface area contributed by atoms with Crippen molar-refractivity contribution in [2.75, 3.05) is 11.1 Å². The van der Waals surface area contributed by atoms with Crippen LogP contribution in [0.25, 0.3) is 0 Å². The Kier molecular flexibility index (Phi) is 4.77. The third-order valence-corrected chi connectivity index (χ3v) is 4.44. The Morgan fingerprint density at radius 1 is 1.43 bits per heavy atom. The molecule has 1 aliphatic carbocycles. The van der Waals surface area contributed by atoms with Gasteiger partial charge in [0.1, 0.15) is 0 Å². The molecule has 1 saturated carbocycles. The van der Waals surface area contributed by atoms with Gasteiger partial charge in [0, 0.05) is 10.9 Å². The standard InChI is InChI=1S/C13H13BrF3NO2S/c14-8-1-2-9(10(5-8)20-13(15,16)17)18-11(19)6-12(7-21)3-4-12/h1-2,5,21H,3-4,6-7H2,(H,18,19). The minimum absolute atomic E-state index is 0.00418. The second-order valence-corrected chi connectivity index (χ2v) is 6.30. The summed E-state index contributed by atoms with van der Waals surface area (Å²) in [6.07, 6.45) is -2.74. The predicted molar refractivity (Wildman–Crippen MR) is 79.6 cm³/mol. The molecule has 0 atom stereocenters. The van der Waals surface area contributed by atoms with Crippen molar-refractivity contribution in [2.24, 2.45) is 5.41 Å². The Labute approximate surface area is 133 Å². The Hall–Kier alpha value is -0.890. The lowest BCUT2D eigenvalue weighted by Gasteiger charge is -2.16. The summed E-state index contributed by atoms with van der Waals surface area (Å²) >= 11 is 7.26. The highest BCUT2D eigenvalue weighted by atomic mass is 79.9. The molecule has 1 aliphatic rings. The zero-order valence-corrected chi connectivity index (χ0v) is 13.3. The SMILES string of the molecule is O=C(CC1(CS)CC1)Nc1ccc(Br)cc1OC(F)(F)F. The van der Waals surface area contributed by atoms with E-state index in [0.717, 1.165) is 18.9 Å². The van der Waals surface area contributed by atoms with E-state index in [4.69, 9.17) is 0 Å². The van der Waals surface area contributed by atoms with E-state index in [-0.39, 0.29) is 23.4 Å². The van der Waals surface area contributed by atoms with E-state index in [9.17, 15) is 18.0 Å². The zero-order chi connectivity index (χ0) is 15.7. The molecule has 3 nitrogen and oxygen atoms in total. The number of benzene rings is 1. The van der Waals surface area contributed by atoms with E-state index in [0.29, 0.717) is 10.2 Å². The van der Waals surface area contributed by atoms with Crippen LogP contribution in [-0.4, -0.2) is 18.0 Å². The Morgan fingerprint density at radius 2 is 2.10 bits per heavy atom. The Bertz CT molecular complexity index is 547. The maximum absolute atomic E-state index is 12.4. The number of halogens is 4. The fraction of sp³-hybridized carbons (Fsp3) is 0.462. The molecule has 116 valence electrons. The van der Waals surface area contributed by atoms with Crippen molar-refractivity contribution in [3.8, 4) is 5.75 Å². The van der Waals surface area contributed by atoms with Gasteiger partial charge in [-0.25, -0.2) is 0 Å². The van der Waals surface area contributed by atoms with Crippen LogP contribution in [0.1, 0.15) is 19.3 Å². The topological polar surface area (TPSA) is 38.3 Å². The number of carbonyl (C=O) groups is 1. The summed E-state index contributed by atoms with van der Waals surface area (Å²) < 4.78 is 41.4. The molecule has 0 aromatic heterocycles. The van der Waals surface area contributed by atoms with E-state index in [2.05, 4.69) is 38.6 Å². The van der Waals surface area contributed by atoms with Gasteiger partial charge in [0.05, 0.1) is 5.69 Å². The highest BCUT2D eigenvalue weighted by Crippen LogP contribution is 2.49. The molecule has 2 rings (SSSR count). The molecule has 0 spiro atoms. The first-order valence-electron chi connectivity index (χ1n) is 6.19. The molecule has 0 saturated heterocycles. The molecule has 0 unspecified atom stereocenters. The number of amides is 1. The number of hydrogen-bond donors (Lipinski definition) is 2. The molecule has 0 aliphatic heterocycles. The molecule has 1 fully saturated rings. The quantitative estimate of drug-likeness (QED) is 0.740. The van der Waals surface area contributed by atoms with Crippen molar-refractivity contribution in [3.05, 3.63) is 22.7 Å². The molecule has 0 heterocycles. The van der Waals surface area contributed by atoms with Gasteiger partial charge in [-0.05, 0) is 42.2 Å². The average Bonchev–Trinajstić information content (AvgIpc) is 3.11. The normalized spacial score (nSPS) is 16.4. The van der Waals surface area contributed by atoms with Gasteiger partial charge in [0.15, 0.2) is 5.75 Å². The van der Waals surface area contributed by atoms with Gasteiger partial charge in [0.2, 0.25) is 5.91 Å². The van der Waals surface area contributed by atoms with E-state index in [1.807, 2.05) is 0 Å². The van der Waals surface area contributed by atoms with Crippen LogP contribution >= 0.6 is 28.6 Å². The van der Waals surface area contributed by atoms with Crippen LogP contribution in [0.4, 0.5) is 18.9 Å². The maximum atomic E-state index is 12.4. The minimum atomic E-state index is -4.82. The second kappa shape index (κ2) is 6.08. The monoisotopic (exact) mass is 383 g/mol. The summed E-state index contributed by atoms with van der Waals surface area (Å²) in [6.45, 7) is 0. The fourth-order valence-corrected chi connectivity index (χ4v) is 2.68. The van der Waals surface area contributed by atoms with Crippen LogP contribution in [-0.2, 0) is 4.79 Å². The summed E-state index contributed by atoms with van der Waals surface area (Å²) in [5.41, 5.74) is -0.108. The number of rotatable bonds is 5. The fourth-order valence-electron chi connectivity index (χ4n) is 1.91. The zero-order valence-electron chi connectivity index (χ0n) is 10.8. The lowest BCUT2D eigenvalue weighted by atomic mass is 10.1. The van der Waals surface area contributed by atoms with Gasteiger partial charge in [-0.15, -0.1) is 13.2 Å². The van der Waals surface area contributed by atoms with Crippen molar-refractivity contribution in [3.63, 3.8) is 0 Å². The number of nitrogens with one attached hydrogen (secondary N) is 1. The predicted octanol–water partition coefficient (Wildman–Crippen LogP) is 4.39. The van der Waals surface area contributed by atoms with Crippen molar-refractivity contribution in [1.29, 1.82) is 0 Å². The van der Waals surface area contributed by atoms with E-state index >= 15 is 0 Å². The second-order valence-electron chi connectivity index (χ2n) is 5.07. The average molecular weight is 384 g/mol. The molecular weight excluding hydrogens is 371 g/mol. The molecule has 8 heteroatoms. The van der Waals surface area contributed by atoms with E-state index in [1.54, 1.807) is 0 Å². The van der Waals surface area contributed by atoms with Crippen molar-refractivity contribution >= 4 is 40.2 Å². The van der Waals surface area contributed by atoms with Crippen LogP contribution in [0.15, 0.2) is 22.7 Å². The summed E-state index contributed by atoms with van der Waals surface area (Å²) in [5.74, 6) is -0.191. The van der Waals surface area contributed by atoms with E-state index < -0.39 is 12.1 Å². The van der Waals surface area contributed by atoms with Gasteiger partial charge in [-0.2, -0.15) is 12.6 Å².